The Bertz CT molecular complexity index is 446. The fraction of sp³-hybridized carbons (Fsp3) is 0.647. The van der Waals surface area contributed by atoms with E-state index >= 15 is 0 Å². The summed E-state index contributed by atoms with van der Waals surface area (Å²) in [4.78, 5) is 15.6. The predicted molar refractivity (Wildman–Crippen MR) is 84.0 cm³/mol. The number of ether oxygens (including phenoxy) is 1. The quantitative estimate of drug-likeness (QED) is 0.647. The summed E-state index contributed by atoms with van der Waals surface area (Å²) in [7, 11) is 0. The Morgan fingerprint density at radius 2 is 2.00 bits per heavy atom. The summed E-state index contributed by atoms with van der Waals surface area (Å²) >= 11 is 0. The Morgan fingerprint density at radius 3 is 2.62 bits per heavy atom. The molecule has 0 saturated heterocycles. The van der Waals surface area contributed by atoms with Crippen molar-refractivity contribution in [2.24, 2.45) is 0 Å². The molecule has 0 saturated carbocycles. The molecule has 1 N–H and O–H groups in total. The van der Waals surface area contributed by atoms with Gasteiger partial charge in [-0.3, -0.25) is 0 Å². The van der Waals surface area contributed by atoms with Gasteiger partial charge in [0.15, 0.2) is 0 Å². The number of carboxylic acids is 1. The average molecular weight is 293 g/mol. The van der Waals surface area contributed by atoms with E-state index in [9.17, 15) is 4.79 Å². The molecule has 118 valence electrons. The van der Waals surface area contributed by atoms with E-state index in [-0.39, 0.29) is 11.7 Å². The molecule has 0 spiro atoms. The third kappa shape index (κ3) is 6.61. The van der Waals surface area contributed by atoms with Gasteiger partial charge in [-0.15, -0.1) is 0 Å². The number of carbonyl (C=O) groups is 1. The average Bonchev–Trinajstić information content (AvgIpc) is 2.43. The zero-order valence-electron chi connectivity index (χ0n) is 13.4. The van der Waals surface area contributed by atoms with Crippen molar-refractivity contribution in [3.63, 3.8) is 0 Å². The number of aromatic nitrogens is 1. The zero-order valence-corrected chi connectivity index (χ0v) is 13.4. The molecule has 0 aliphatic rings. The van der Waals surface area contributed by atoms with Crippen molar-refractivity contribution < 1.29 is 14.6 Å². The fourth-order valence-electron chi connectivity index (χ4n) is 2.25. The van der Waals surface area contributed by atoms with E-state index in [4.69, 9.17) is 9.84 Å². The molecule has 0 bridgehead atoms. The van der Waals surface area contributed by atoms with Crippen LogP contribution >= 0.6 is 0 Å². The van der Waals surface area contributed by atoms with Gasteiger partial charge in [0.25, 0.3) is 0 Å². The van der Waals surface area contributed by atoms with Crippen molar-refractivity contribution in [2.45, 2.75) is 71.8 Å². The Balaban J connectivity index is 2.65. The highest BCUT2D eigenvalue weighted by atomic mass is 16.5. The molecular formula is C17H27NO3. The minimum Gasteiger partial charge on any atom is -0.478 e. The van der Waals surface area contributed by atoms with Crippen molar-refractivity contribution in [1.29, 1.82) is 0 Å². The molecule has 1 unspecified atom stereocenters. The van der Waals surface area contributed by atoms with Crippen LogP contribution < -0.4 is 4.74 Å². The fourth-order valence-corrected chi connectivity index (χ4v) is 2.25. The lowest BCUT2D eigenvalue weighted by atomic mass is 10.1. The first kappa shape index (κ1) is 17.5. The monoisotopic (exact) mass is 293 g/mol. The Kier molecular flexibility index (Phi) is 7.80. The van der Waals surface area contributed by atoms with Crippen molar-refractivity contribution >= 4 is 5.97 Å². The molecule has 0 fully saturated rings. The molecule has 0 amide bonds. The summed E-state index contributed by atoms with van der Waals surface area (Å²) in [6.45, 7) is 6.25. The second kappa shape index (κ2) is 9.37. The minimum atomic E-state index is -0.935. The lowest BCUT2D eigenvalue weighted by molar-refractivity contribution is 0.0695. The normalized spacial score (nSPS) is 12.1. The largest absolute Gasteiger partial charge is 0.478 e. The molecule has 0 radical (unpaired) electrons. The number of unbranched alkanes of at least 4 members (excludes halogenated alkanes) is 3. The van der Waals surface area contributed by atoms with E-state index in [0.717, 1.165) is 31.4 Å². The van der Waals surface area contributed by atoms with Crippen LogP contribution in [0, 0.1) is 0 Å². The number of nitrogens with zero attached hydrogens (tertiary/aromatic N) is 1. The summed E-state index contributed by atoms with van der Waals surface area (Å²) in [5, 5.41) is 9.15. The number of carboxylic acid groups (broad SMARTS) is 1. The molecule has 0 aromatic carbocycles. The number of hydrogen-bond acceptors (Lipinski definition) is 3. The van der Waals surface area contributed by atoms with Gasteiger partial charge in [-0.2, -0.15) is 0 Å². The summed E-state index contributed by atoms with van der Waals surface area (Å²) in [5.74, 6) is -0.503. The number of pyridine rings is 1. The molecule has 1 rings (SSSR count). The lowest BCUT2D eigenvalue weighted by Crippen LogP contribution is -2.14. The van der Waals surface area contributed by atoms with Gasteiger partial charge in [0.05, 0.1) is 11.7 Å². The standard InChI is InChI=1S/C17H27NO3/c1-4-6-7-8-10-13(3)21-16-12-14(17(19)20)11-15(18-16)9-5-2/h11-13H,4-10H2,1-3H3,(H,19,20). The zero-order chi connectivity index (χ0) is 15.7. The molecule has 1 heterocycles. The van der Waals surface area contributed by atoms with Crippen LogP contribution in [0.2, 0.25) is 0 Å². The SMILES string of the molecule is CCCCCCC(C)Oc1cc(C(=O)O)cc(CCC)n1. The van der Waals surface area contributed by atoms with Gasteiger partial charge in [0.2, 0.25) is 5.88 Å². The lowest BCUT2D eigenvalue weighted by Gasteiger charge is -2.15. The Morgan fingerprint density at radius 1 is 1.24 bits per heavy atom. The third-order valence-electron chi connectivity index (χ3n) is 3.39. The smallest absolute Gasteiger partial charge is 0.335 e. The first-order valence-electron chi connectivity index (χ1n) is 7.97. The van der Waals surface area contributed by atoms with Gasteiger partial charge >= 0.3 is 5.97 Å². The van der Waals surface area contributed by atoms with Crippen molar-refractivity contribution in [3.8, 4) is 5.88 Å². The van der Waals surface area contributed by atoms with Gasteiger partial charge in [0.1, 0.15) is 0 Å². The van der Waals surface area contributed by atoms with Gasteiger partial charge in [0, 0.05) is 11.8 Å². The molecule has 21 heavy (non-hydrogen) atoms. The molecule has 4 heteroatoms. The number of rotatable bonds is 10. The molecule has 0 aliphatic carbocycles. The summed E-state index contributed by atoms with van der Waals surface area (Å²) in [5.41, 5.74) is 1.03. The Hall–Kier alpha value is -1.58. The van der Waals surface area contributed by atoms with E-state index in [1.807, 2.05) is 13.8 Å². The first-order valence-corrected chi connectivity index (χ1v) is 7.97. The highest BCUT2D eigenvalue weighted by Gasteiger charge is 2.11. The van der Waals surface area contributed by atoms with Crippen LogP contribution in [0.4, 0.5) is 0 Å². The first-order chi connectivity index (χ1) is 10.1. The van der Waals surface area contributed by atoms with Crippen LogP contribution in [0.25, 0.3) is 0 Å². The van der Waals surface area contributed by atoms with Gasteiger partial charge in [-0.1, -0.05) is 39.5 Å². The summed E-state index contributed by atoms with van der Waals surface area (Å²) < 4.78 is 5.80. The van der Waals surface area contributed by atoms with E-state index in [1.165, 1.54) is 25.3 Å². The van der Waals surface area contributed by atoms with E-state index in [2.05, 4.69) is 11.9 Å². The van der Waals surface area contributed by atoms with Crippen LogP contribution in [0.15, 0.2) is 12.1 Å². The maximum Gasteiger partial charge on any atom is 0.335 e. The van der Waals surface area contributed by atoms with E-state index in [0.29, 0.717) is 5.88 Å². The summed E-state index contributed by atoms with van der Waals surface area (Å²) in [6, 6.07) is 3.15. The predicted octanol–water partition coefficient (Wildman–Crippen LogP) is 4.47. The Labute approximate surface area is 127 Å². The van der Waals surface area contributed by atoms with Crippen molar-refractivity contribution in [3.05, 3.63) is 23.4 Å². The van der Waals surface area contributed by atoms with Crippen LogP contribution in [-0.4, -0.2) is 22.2 Å². The van der Waals surface area contributed by atoms with Crippen LogP contribution in [0.1, 0.15) is 75.3 Å². The molecule has 4 nitrogen and oxygen atoms in total. The van der Waals surface area contributed by atoms with Crippen molar-refractivity contribution in [1.82, 2.24) is 4.98 Å². The third-order valence-corrected chi connectivity index (χ3v) is 3.39. The molecular weight excluding hydrogens is 266 g/mol. The van der Waals surface area contributed by atoms with Gasteiger partial charge in [-0.05, 0) is 32.3 Å². The highest BCUT2D eigenvalue weighted by molar-refractivity contribution is 5.88. The second-order valence-corrected chi connectivity index (χ2v) is 5.52. The highest BCUT2D eigenvalue weighted by Crippen LogP contribution is 2.17. The van der Waals surface area contributed by atoms with Crippen molar-refractivity contribution in [2.75, 3.05) is 0 Å². The van der Waals surface area contributed by atoms with Gasteiger partial charge in [-0.25, -0.2) is 9.78 Å². The molecule has 1 aromatic rings. The summed E-state index contributed by atoms with van der Waals surface area (Å²) in [6.07, 6.45) is 7.56. The molecule has 1 atom stereocenters. The minimum absolute atomic E-state index is 0.0628. The maximum atomic E-state index is 11.2. The maximum absolute atomic E-state index is 11.2. The van der Waals surface area contributed by atoms with Crippen LogP contribution in [0.5, 0.6) is 5.88 Å². The van der Waals surface area contributed by atoms with E-state index < -0.39 is 5.97 Å². The molecule has 0 aliphatic heterocycles. The van der Waals surface area contributed by atoms with Crippen LogP contribution in [0.3, 0.4) is 0 Å². The van der Waals surface area contributed by atoms with E-state index in [1.54, 1.807) is 6.07 Å². The van der Waals surface area contributed by atoms with Crippen LogP contribution in [-0.2, 0) is 6.42 Å². The number of hydrogen-bond donors (Lipinski definition) is 1. The second-order valence-electron chi connectivity index (χ2n) is 5.52. The number of aromatic carboxylic acids is 1. The topological polar surface area (TPSA) is 59.4 Å². The van der Waals surface area contributed by atoms with Gasteiger partial charge < -0.3 is 9.84 Å². The molecule has 1 aromatic heterocycles. The number of aryl methyl sites for hydroxylation is 1.